The van der Waals surface area contributed by atoms with E-state index in [2.05, 4.69) is 15.9 Å². The number of benzene rings is 1. The number of hydrogen-bond donors (Lipinski definition) is 0. The van der Waals surface area contributed by atoms with Gasteiger partial charge in [-0.15, -0.1) is 0 Å². The summed E-state index contributed by atoms with van der Waals surface area (Å²) in [7, 11) is 0. The van der Waals surface area contributed by atoms with Gasteiger partial charge in [0.15, 0.2) is 6.10 Å². The quantitative estimate of drug-likeness (QED) is 0.654. The molecular formula is C18H21BrO6. The highest BCUT2D eigenvalue weighted by molar-refractivity contribution is 9.10. The average Bonchev–Trinajstić information content (AvgIpc) is 2.81. The van der Waals surface area contributed by atoms with Crippen molar-refractivity contribution in [3.8, 4) is 5.75 Å². The summed E-state index contributed by atoms with van der Waals surface area (Å²) in [5.41, 5.74) is 0.876. The van der Waals surface area contributed by atoms with E-state index in [4.69, 9.17) is 18.6 Å². The highest BCUT2D eigenvalue weighted by Crippen LogP contribution is 2.36. The number of hydrogen-bond acceptors (Lipinski definition) is 6. The van der Waals surface area contributed by atoms with Gasteiger partial charge in [-0.05, 0) is 62.7 Å². The summed E-state index contributed by atoms with van der Waals surface area (Å²) in [5, 5.41) is 0.567. The highest BCUT2D eigenvalue weighted by atomic mass is 79.9. The number of rotatable bonds is 6. The van der Waals surface area contributed by atoms with Gasteiger partial charge in [0, 0.05) is 5.39 Å². The Kier molecular flexibility index (Phi) is 6.11. The molecule has 7 heteroatoms. The molecule has 1 aromatic carbocycles. The first-order valence-corrected chi connectivity index (χ1v) is 8.80. The lowest BCUT2D eigenvalue weighted by Crippen LogP contribution is -2.26. The standard InChI is InChI=1S/C18H21BrO6/c1-6-22-17(20)11(5)25-15-7-12-14(8-13(15)19)24-10(4)16(12)18(21)23-9(2)3/h7-9,11H,6H2,1-5H3. The van der Waals surface area contributed by atoms with E-state index in [1.54, 1.807) is 46.8 Å². The number of carbonyl (C=O) groups excluding carboxylic acids is 2. The van der Waals surface area contributed by atoms with Crippen molar-refractivity contribution in [1.29, 1.82) is 0 Å². The molecule has 1 unspecified atom stereocenters. The molecule has 136 valence electrons. The summed E-state index contributed by atoms with van der Waals surface area (Å²) < 4.78 is 22.2. The molecule has 1 atom stereocenters. The first kappa shape index (κ1) is 19.3. The maximum absolute atomic E-state index is 12.4. The van der Waals surface area contributed by atoms with Gasteiger partial charge in [-0.3, -0.25) is 0 Å². The zero-order valence-corrected chi connectivity index (χ0v) is 16.4. The lowest BCUT2D eigenvalue weighted by molar-refractivity contribution is -0.150. The minimum Gasteiger partial charge on any atom is -0.478 e. The summed E-state index contributed by atoms with van der Waals surface area (Å²) >= 11 is 3.39. The van der Waals surface area contributed by atoms with E-state index in [1.807, 2.05) is 0 Å². The van der Waals surface area contributed by atoms with Crippen LogP contribution in [0.15, 0.2) is 21.0 Å². The van der Waals surface area contributed by atoms with E-state index in [9.17, 15) is 9.59 Å². The Labute approximate surface area is 154 Å². The van der Waals surface area contributed by atoms with Gasteiger partial charge in [-0.25, -0.2) is 9.59 Å². The maximum Gasteiger partial charge on any atom is 0.347 e. The smallest absolute Gasteiger partial charge is 0.347 e. The summed E-state index contributed by atoms with van der Waals surface area (Å²) in [6.45, 7) is 8.87. The van der Waals surface area contributed by atoms with Crippen LogP contribution in [0.4, 0.5) is 0 Å². The number of halogens is 1. The molecule has 0 amide bonds. The second-order valence-corrected chi connectivity index (χ2v) is 6.63. The molecule has 0 aliphatic heterocycles. The van der Waals surface area contributed by atoms with Gasteiger partial charge in [0.25, 0.3) is 0 Å². The highest BCUT2D eigenvalue weighted by Gasteiger charge is 2.23. The largest absolute Gasteiger partial charge is 0.478 e. The Morgan fingerprint density at radius 2 is 1.92 bits per heavy atom. The molecule has 1 aromatic heterocycles. The van der Waals surface area contributed by atoms with Crippen LogP contribution in [0.25, 0.3) is 11.0 Å². The van der Waals surface area contributed by atoms with Gasteiger partial charge in [0.1, 0.15) is 22.7 Å². The summed E-state index contributed by atoms with van der Waals surface area (Å²) in [4.78, 5) is 24.1. The van der Waals surface area contributed by atoms with Gasteiger partial charge in [0.2, 0.25) is 0 Å². The van der Waals surface area contributed by atoms with Gasteiger partial charge in [-0.1, -0.05) is 0 Å². The lowest BCUT2D eigenvalue weighted by Gasteiger charge is -2.14. The molecule has 25 heavy (non-hydrogen) atoms. The molecule has 0 N–H and O–H groups in total. The van der Waals surface area contributed by atoms with Crippen molar-refractivity contribution < 1.29 is 28.2 Å². The van der Waals surface area contributed by atoms with Crippen molar-refractivity contribution in [2.24, 2.45) is 0 Å². The number of furan rings is 1. The number of fused-ring (bicyclic) bond motifs is 1. The van der Waals surface area contributed by atoms with E-state index in [0.717, 1.165) is 0 Å². The molecule has 0 saturated heterocycles. The van der Waals surface area contributed by atoms with E-state index in [-0.39, 0.29) is 12.7 Å². The van der Waals surface area contributed by atoms with E-state index in [0.29, 0.717) is 32.5 Å². The maximum atomic E-state index is 12.4. The molecule has 0 fully saturated rings. The van der Waals surface area contributed by atoms with Crippen LogP contribution < -0.4 is 4.74 Å². The van der Waals surface area contributed by atoms with Crippen LogP contribution in [0.3, 0.4) is 0 Å². The van der Waals surface area contributed by atoms with Crippen molar-refractivity contribution in [2.75, 3.05) is 6.61 Å². The van der Waals surface area contributed by atoms with Crippen molar-refractivity contribution in [2.45, 2.75) is 46.8 Å². The first-order chi connectivity index (χ1) is 11.7. The van der Waals surface area contributed by atoms with E-state index >= 15 is 0 Å². The Morgan fingerprint density at radius 3 is 2.52 bits per heavy atom. The topological polar surface area (TPSA) is 75.0 Å². The molecule has 0 aliphatic carbocycles. The van der Waals surface area contributed by atoms with Crippen LogP contribution in [0.5, 0.6) is 5.75 Å². The fourth-order valence-electron chi connectivity index (χ4n) is 2.34. The lowest BCUT2D eigenvalue weighted by atomic mass is 10.1. The van der Waals surface area contributed by atoms with Crippen molar-refractivity contribution >= 4 is 38.8 Å². The van der Waals surface area contributed by atoms with Gasteiger partial charge >= 0.3 is 11.9 Å². The molecule has 6 nitrogen and oxygen atoms in total. The van der Waals surface area contributed by atoms with Crippen molar-refractivity contribution in [3.63, 3.8) is 0 Å². The summed E-state index contributed by atoms with van der Waals surface area (Å²) in [6.07, 6.45) is -1.03. The second kappa shape index (κ2) is 7.91. The second-order valence-electron chi connectivity index (χ2n) is 5.78. The third-order valence-electron chi connectivity index (χ3n) is 3.39. The Hall–Kier alpha value is -2.02. The zero-order valence-electron chi connectivity index (χ0n) is 14.8. The van der Waals surface area contributed by atoms with Crippen LogP contribution in [0.1, 0.15) is 43.8 Å². The summed E-state index contributed by atoms with van der Waals surface area (Å²) in [5.74, 6) is -0.0501. The molecule has 2 rings (SSSR count). The van der Waals surface area contributed by atoms with E-state index in [1.165, 1.54) is 0 Å². The third kappa shape index (κ3) is 4.34. The van der Waals surface area contributed by atoms with Crippen LogP contribution >= 0.6 is 15.9 Å². The SMILES string of the molecule is CCOC(=O)C(C)Oc1cc2c(C(=O)OC(C)C)c(C)oc2cc1Br. The Bertz CT molecular complexity index is 792. The first-order valence-electron chi connectivity index (χ1n) is 8.01. The molecule has 0 bridgehead atoms. The Balaban J connectivity index is 2.41. The van der Waals surface area contributed by atoms with Gasteiger partial charge in [0.05, 0.1) is 17.2 Å². The molecular weight excluding hydrogens is 392 g/mol. The minimum absolute atomic E-state index is 0.244. The fourth-order valence-corrected chi connectivity index (χ4v) is 2.75. The molecule has 1 heterocycles. The van der Waals surface area contributed by atoms with Crippen LogP contribution in [0, 0.1) is 6.92 Å². The number of carbonyl (C=O) groups is 2. The van der Waals surface area contributed by atoms with Crippen LogP contribution in [-0.2, 0) is 14.3 Å². The predicted octanol–water partition coefficient (Wildman–Crippen LogP) is 4.40. The van der Waals surface area contributed by atoms with Gasteiger partial charge < -0.3 is 18.6 Å². The minimum atomic E-state index is -0.784. The number of ether oxygens (including phenoxy) is 3. The molecule has 0 saturated carbocycles. The molecule has 0 radical (unpaired) electrons. The van der Waals surface area contributed by atoms with Crippen LogP contribution in [-0.4, -0.2) is 30.8 Å². The monoisotopic (exact) mass is 412 g/mol. The molecule has 0 aliphatic rings. The zero-order chi connectivity index (χ0) is 18.7. The normalized spacial score (nSPS) is 12.3. The Morgan fingerprint density at radius 1 is 1.24 bits per heavy atom. The third-order valence-corrected chi connectivity index (χ3v) is 4.01. The average molecular weight is 413 g/mol. The summed E-state index contributed by atoms with van der Waals surface area (Å²) in [6, 6.07) is 3.35. The molecule has 2 aromatic rings. The fraction of sp³-hybridized carbons (Fsp3) is 0.444. The van der Waals surface area contributed by atoms with Gasteiger partial charge in [-0.2, -0.15) is 0 Å². The van der Waals surface area contributed by atoms with Crippen LogP contribution in [0.2, 0.25) is 0 Å². The predicted molar refractivity (Wildman–Crippen MR) is 95.9 cm³/mol. The number of aryl methyl sites for hydroxylation is 1. The van der Waals surface area contributed by atoms with Crippen molar-refractivity contribution in [3.05, 3.63) is 27.9 Å². The number of esters is 2. The van der Waals surface area contributed by atoms with Crippen molar-refractivity contribution in [1.82, 2.24) is 0 Å². The van der Waals surface area contributed by atoms with E-state index < -0.39 is 18.0 Å². The molecule has 0 spiro atoms.